The summed E-state index contributed by atoms with van der Waals surface area (Å²) in [5, 5.41) is 6.65. The number of anilines is 1. The molecule has 0 radical (unpaired) electrons. The van der Waals surface area contributed by atoms with Crippen LogP contribution in [0.2, 0.25) is 0 Å². The van der Waals surface area contributed by atoms with E-state index in [0.29, 0.717) is 0 Å². The number of carbonyl (C=O) groups is 1. The third-order valence-corrected chi connectivity index (χ3v) is 6.14. The van der Waals surface area contributed by atoms with Gasteiger partial charge in [-0.05, 0) is 24.3 Å². The summed E-state index contributed by atoms with van der Waals surface area (Å²) in [5.41, 5.74) is 0.345. The molecule has 0 amide bonds. The predicted octanol–water partition coefficient (Wildman–Crippen LogP) is 3.71. The highest BCUT2D eigenvalue weighted by Crippen LogP contribution is 2.27. The second kappa shape index (κ2) is 9.81. The lowest BCUT2D eigenvalue weighted by molar-refractivity contribution is -0.140. The maximum Gasteiger partial charge on any atom is 0.314 e. The number of para-hydroxylation sites is 1. The van der Waals surface area contributed by atoms with E-state index >= 15 is 0 Å². The van der Waals surface area contributed by atoms with Crippen molar-refractivity contribution in [3.05, 3.63) is 65.8 Å². The van der Waals surface area contributed by atoms with E-state index in [1.165, 1.54) is 24.3 Å². The third kappa shape index (κ3) is 5.44. The highest BCUT2D eigenvalue weighted by Gasteiger charge is 2.25. The second-order valence-electron chi connectivity index (χ2n) is 6.54. The van der Waals surface area contributed by atoms with Gasteiger partial charge in [-0.25, -0.2) is 12.8 Å². The first-order valence-electron chi connectivity index (χ1n) is 9.24. The fourth-order valence-corrected chi connectivity index (χ4v) is 4.20. The van der Waals surface area contributed by atoms with E-state index in [0.717, 1.165) is 17.5 Å². The van der Waals surface area contributed by atoms with Gasteiger partial charge in [0.15, 0.2) is 0 Å². The Morgan fingerprint density at radius 1 is 1.16 bits per heavy atom. The number of nitrogens with zero attached hydrogens (tertiary/aromatic N) is 3. The molecule has 2 aromatic carbocycles. The number of ether oxygens (including phenoxy) is 1. The summed E-state index contributed by atoms with van der Waals surface area (Å²) >= 11 is 0. The molecular weight excluding hydrogens is 451 g/mol. The number of benzene rings is 2. The van der Waals surface area contributed by atoms with E-state index in [-0.39, 0.29) is 35.7 Å². The van der Waals surface area contributed by atoms with Gasteiger partial charge in [0.05, 0.1) is 31.5 Å². The van der Waals surface area contributed by atoms with Crippen molar-refractivity contribution in [2.75, 3.05) is 17.2 Å². The van der Waals surface area contributed by atoms with Gasteiger partial charge in [0.1, 0.15) is 5.82 Å². The molecule has 0 saturated heterocycles. The first-order chi connectivity index (χ1) is 15.2. The van der Waals surface area contributed by atoms with Gasteiger partial charge in [-0.15, -0.1) is 10.2 Å². The van der Waals surface area contributed by atoms with Crippen molar-refractivity contribution in [2.45, 2.75) is 19.4 Å². The third-order valence-electron chi connectivity index (χ3n) is 4.41. The molecule has 0 saturated carbocycles. The lowest BCUT2D eigenvalue weighted by Gasteiger charge is -2.24. The Bertz CT molecular complexity index is 1190. The Balaban J connectivity index is 1.89. The number of methoxy groups -OCH3 is 1. The van der Waals surface area contributed by atoms with Crippen molar-refractivity contribution < 1.29 is 35.5 Å². The summed E-state index contributed by atoms with van der Waals surface area (Å²) in [6.45, 7) is -0.369. The molecule has 170 valence electrons. The van der Waals surface area contributed by atoms with Gasteiger partial charge in [0, 0.05) is 11.1 Å². The van der Waals surface area contributed by atoms with E-state index in [1.807, 2.05) is 0 Å². The van der Waals surface area contributed by atoms with Gasteiger partial charge in [0.25, 0.3) is 5.89 Å². The maximum atomic E-state index is 14.8. The Labute approximate surface area is 181 Å². The minimum absolute atomic E-state index is 0.00726. The average Bonchev–Trinajstić information content (AvgIpc) is 3.28. The molecule has 0 aliphatic rings. The van der Waals surface area contributed by atoms with E-state index < -0.39 is 39.9 Å². The van der Waals surface area contributed by atoms with Crippen LogP contribution in [0.5, 0.6) is 0 Å². The molecule has 0 aliphatic carbocycles. The molecule has 1 heterocycles. The molecular formula is C20H18F3N3O5S. The Kier molecular flexibility index (Phi) is 7.13. The van der Waals surface area contributed by atoms with Gasteiger partial charge in [0.2, 0.25) is 15.9 Å². The Morgan fingerprint density at radius 3 is 2.47 bits per heavy atom. The van der Waals surface area contributed by atoms with E-state index in [9.17, 15) is 26.4 Å². The van der Waals surface area contributed by atoms with Gasteiger partial charge in [-0.1, -0.05) is 24.3 Å². The number of halogens is 3. The number of carbonyl (C=O) groups excluding carboxylic acids is 1. The highest BCUT2D eigenvalue weighted by molar-refractivity contribution is 7.92. The highest BCUT2D eigenvalue weighted by atomic mass is 32.2. The van der Waals surface area contributed by atoms with Crippen molar-refractivity contribution in [1.82, 2.24) is 10.2 Å². The number of esters is 1. The molecule has 0 aliphatic heterocycles. The predicted molar refractivity (Wildman–Crippen MR) is 108 cm³/mol. The minimum atomic E-state index is -4.02. The van der Waals surface area contributed by atoms with Crippen LogP contribution in [-0.2, 0) is 26.1 Å². The number of sulfonamides is 1. The normalized spacial score (nSPS) is 11.5. The summed E-state index contributed by atoms with van der Waals surface area (Å²) in [7, 11) is -2.88. The topological polar surface area (TPSA) is 103 Å². The second-order valence-corrected chi connectivity index (χ2v) is 8.55. The number of rotatable bonds is 9. The van der Waals surface area contributed by atoms with E-state index in [1.54, 1.807) is 18.2 Å². The number of hydrogen-bond donors (Lipinski definition) is 0. The Morgan fingerprint density at radius 2 is 1.88 bits per heavy atom. The molecule has 0 bridgehead atoms. The molecule has 3 rings (SSSR count). The number of hydrogen-bond acceptors (Lipinski definition) is 7. The van der Waals surface area contributed by atoms with Crippen molar-refractivity contribution >= 4 is 21.7 Å². The minimum Gasteiger partial charge on any atom is -0.469 e. The molecule has 0 fully saturated rings. The molecule has 8 nitrogen and oxygen atoms in total. The number of aromatic nitrogens is 2. The zero-order valence-electron chi connectivity index (χ0n) is 16.7. The molecule has 1 aromatic heterocycles. The van der Waals surface area contributed by atoms with Crippen molar-refractivity contribution in [2.24, 2.45) is 0 Å². The smallest absolute Gasteiger partial charge is 0.314 e. The first-order valence-corrected chi connectivity index (χ1v) is 10.8. The lowest BCUT2D eigenvalue weighted by Crippen LogP contribution is -2.33. The summed E-state index contributed by atoms with van der Waals surface area (Å²) in [6.07, 6.45) is -3.33. The maximum absolute atomic E-state index is 14.8. The van der Waals surface area contributed by atoms with Gasteiger partial charge >= 0.3 is 12.4 Å². The van der Waals surface area contributed by atoms with Crippen LogP contribution in [-0.4, -0.2) is 37.4 Å². The van der Waals surface area contributed by atoms with Gasteiger partial charge < -0.3 is 9.15 Å². The summed E-state index contributed by atoms with van der Waals surface area (Å²) in [6, 6.07) is 11.6. The largest absolute Gasteiger partial charge is 0.469 e. The summed E-state index contributed by atoms with van der Waals surface area (Å²) in [5.74, 6) is -3.22. The van der Waals surface area contributed by atoms with E-state index in [2.05, 4.69) is 14.9 Å². The fourth-order valence-electron chi connectivity index (χ4n) is 2.77. The Hall–Kier alpha value is -3.41. The first kappa shape index (κ1) is 23.3. The van der Waals surface area contributed by atoms with Crippen LogP contribution in [0.3, 0.4) is 0 Å². The molecule has 12 heteroatoms. The molecule has 0 unspecified atom stereocenters. The zero-order chi connectivity index (χ0) is 23.3. The monoisotopic (exact) mass is 469 g/mol. The van der Waals surface area contributed by atoms with Crippen LogP contribution in [0.15, 0.2) is 52.9 Å². The molecule has 0 spiro atoms. The van der Waals surface area contributed by atoms with E-state index in [4.69, 9.17) is 4.42 Å². The fraction of sp³-hybridized carbons (Fsp3) is 0.250. The van der Waals surface area contributed by atoms with Crippen LogP contribution >= 0.6 is 0 Å². The van der Waals surface area contributed by atoms with Gasteiger partial charge in [-0.3, -0.25) is 9.10 Å². The van der Waals surface area contributed by atoms with Crippen LogP contribution < -0.4 is 4.31 Å². The molecule has 0 atom stereocenters. The van der Waals surface area contributed by atoms with Crippen LogP contribution in [0.1, 0.15) is 24.3 Å². The van der Waals surface area contributed by atoms with Crippen LogP contribution in [0, 0.1) is 5.82 Å². The van der Waals surface area contributed by atoms with Crippen LogP contribution in [0.25, 0.3) is 11.5 Å². The average molecular weight is 469 g/mol. The quantitative estimate of drug-likeness (QED) is 0.440. The zero-order valence-corrected chi connectivity index (χ0v) is 17.6. The summed E-state index contributed by atoms with van der Waals surface area (Å²) in [4.78, 5) is 11.4. The van der Waals surface area contributed by atoms with Crippen molar-refractivity contribution in [3.8, 4) is 11.5 Å². The van der Waals surface area contributed by atoms with Crippen molar-refractivity contribution in [3.63, 3.8) is 0 Å². The molecule has 0 N–H and O–H groups in total. The standard InChI is InChI=1S/C20H18F3N3O5S/c1-30-17(27)9-10-32(28,29)26(15-5-3-2-4-6-15)12-14-8-7-13(11-16(14)21)19-24-25-20(31-19)18(22)23/h2-8,11,18H,9-10,12H2,1H3. The SMILES string of the molecule is COC(=O)CCS(=O)(=O)N(Cc1ccc(-c2nnc(C(F)F)o2)cc1F)c1ccccc1. The molecule has 3 aromatic rings. The molecule has 32 heavy (non-hydrogen) atoms. The van der Waals surface area contributed by atoms with Crippen LogP contribution in [0.4, 0.5) is 18.9 Å². The lowest BCUT2D eigenvalue weighted by atomic mass is 10.1. The van der Waals surface area contributed by atoms with Crippen molar-refractivity contribution in [1.29, 1.82) is 0 Å². The number of alkyl halides is 2. The van der Waals surface area contributed by atoms with Gasteiger partial charge in [-0.2, -0.15) is 8.78 Å². The summed E-state index contributed by atoms with van der Waals surface area (Å²) < 4.78 is 76.2.